The predicted octanol–water partition coefficient (Wildman–Crippen LogP) is 4.63. The van der Waals surface area contributed by atoms with Crippen molar-refractivity contribution in [1.29, 1.82) is 0 Å². The van der Waals surface area contributed by atoms with Gasteiger partial charge in [0, 0.05) is 32.7 Å². The highest BCUT2D eigenvalue weighted by atomic mass is 35.5. The summed E-state index contributed by atoms with van der Waals surface area (Å²) in [7, 11) is -3.70. The molecule has 1 heterocycles. The van der Waals surface area contributed by atoms with Crippen LogP contribution < -0.4 is 9.73 Å². The third-order valence-corrected chi connectivity index (χ3v) is 6.68. The molecule has 1 amide bonds. The number of hydrogen-bond acceptors (Lipinski definition) is 4. The van der Waals surface area contributed by atoms with Crippen molar-refractivity contribution in [2.45, 2.75) is 20.8 Å². The number of nitrogens with zero attached hydrogens (tertiary/aromatic N) is 3. The number of hydrogen-bond donors (Lipinski definition) is 1. The van der Waals surface area contributed by atoms with Crippen molar-refractivity contribution in [2.75, 3.05) is 17.1 Å². The van der Waals surface area contributed by atoms with Gasteiger partial charge in [-0.25, -0.2) is 13.8 Å². The minimum absolute atomic E-state index is 0.382. The molecule has 0 saturated heterocycles. The molecular weight excluding hydrogens is 483 g/mol. The van der Waals surface area contributed by atoms with Crippen molar-refractivity contribution < 1.29 is 13.2 Å². The Morgan fingerprint density at radius 2 is 1.70 bits per heavy atom. The van der Waals surface area contributed by atoms with Gasteiger partial charge in [0.2, 0.25) is 10.0 Å². The van der Waals surface area contributed by atoms with Crippen molar-refractivity contribution >= 4 is 51.0 Å². The summed E-state index contributed by atoms with van der Waals surface area (Å²) in [5.41, 5.74) is 7.13. The molecule has 0 bridgehead atoms. The van der Waals surface area contributed by atoms with Crippen LogP contribution in [0.4, 0.5) is 5.69 Å². The van der Waals surface area contributed by atoms with E-state index in [1.165, 1.54) is 6.21 Å². The van der Waals surface area contributed by atoms with Crippen molar-refractivity contribution in [3.63, 3.8) is 0 Å². The summed E-state index contributed by atoms with van der Waals surface area (Å²) < 4.78 is 27.7. The van der Waals surface area contributed by atoms with Gasteiger partial charge in [-0.1, -0.05) is 23.2 Å². The smallest absolute Gasteiger partial charge is 0.260 e. The monoisotopic (exact) mass is 506 g/mol. The van der Waals surface area contributed by atoms with Gasteiger partial charge in [0.15, 0.2) is 0 Å². The molecule has 0 saturated carbocycles. The molecule has 0 aliphatic carbocycles. The Labute approximate surface area is 203 Å². The van der Waals surface area contributed by atoms with E-state index in [0.717, 1.165) is 33.2 Å². The second-order valence-corrected chi connectivity index (χ2v) is 10.4. The molecular formula is C23H24Cl2N4O3S. The Balaban J connectivity index is 1.75. The maximum atomic E-state index is 12.5. The summed E-state index contributed by atoms with van der Waals surface area (Å²) in [6.45, 7) is 5.23. The fraction of sp³-hybridized carbons (Fsp3) is 0.217. The third kappa shape index (κ3) is 5.96. The van der Waals surface area contributed by atoms with Crippen LogP contribution in [-0.2, 0) is 14.8 Å². The van der Waals surface area contributed by atoms with Gasteiger partial charge in [-0.3, -0.25) is 9.10 Å². The first-order valence-corrected chi connectivity index (χ1v) is 12.6. The van der Waals surface area contributed by atoms with Crippen LogP contribution in [0.2, 0.25) is 10.0 Å². The average molecular weight is 507 g/mol. The molecule has 0 aliphatic rings. The first-order valence-electron chi connectivity index (χ1n) is 9.98. The first kappa shape index (κ1) is 24.8. The van der Waals surface area contributed by atoms with Crippen LogP contribution in [0.1, 0.15) is 22.5 Å². The van der Waals surface area contributed by atoms with Gasteiger partial charge in [-0.15, -0.1) is 0 Å². The number of carbonyl (C=O) groups is 1. The largest absolute Gasteiger partial charge is 0.318 e. The Kier molecular flexibility index (Phi) is 7.51. The molecule has 174 valence electrons. The molecule has 0 aliphatic heterocycles. The zero-order chi connectivity index (χ0) is 24.3. The minimum atomic E-state index is -3.70. The Morgan fingerprint density at radius 3 is 2.30 bits per heavy atom. The normalized spacial score (nSPS) is 11.7. The van der Waals surface area contributed by atoms with E-state index in [1.54, 1.807) is 25.1 Å². The first-order chi connectivity index (χ1) is 15.5. The lowest BCUT2D eigenvalue weighted by atomic mass is 10.2. The second-order valence-electron chi connectivity index (χ2n) is 7.63. The lowest BCUT2D eigenvalue weighted by Crippen LogP contribution is -2.39. The van der Waals surface area contributed by atoms with Gasteiger partial charge < -0.3 is 4.57 Å². The van der Waals surface area contributed by atoms with E-state index in [0.29, 0.717) is 21.3 Å². The number of aryl methyl sites for hydroxylation is 2. The van der Waals surface area contributed by atoms with E-state index < -0.39 is 22.5 Å². The number of sulfonamides is 1. The molecule has 1 N–H and O–H groups in total. The quantitative estimate of drug-likeness (QED) is 0.374. The molecule has 3 aromatic rings. The van der Waals surface area contributed by atoms with Crippen LogP contribution in [-0.4, -0.2) is 37.9 Å². The standard InChI is InChI=1S/C23H24Cl2N4O3S/c1-15-11-20(25)7-10-22(15)28(33(4,31)32)14-23(30)27-26-13-18-12-16(2)29(17(18)3)21-8-5-19(24)6-9-21/h5-13H,14H2,1-4H3,(H,27,30)/b26-13-. The second kappa shape index (κ2) is 9.99. The number of halogens is 2. The van der Waals surface area contributed by atoms with Gasteiger partial charge in [0.25, 0.3) is 5.91 Å². The van der Waals surface area contributed by atoms with Crippen LogP contribution in [0.15, 0.2) is 53.6 Å². The number of rotatable bonds is 7. The Hall–Kier alpha value is -2.81. The van der Waals surface area contributed by atoms with Crippen molar-refractivity contribution in [1.82, 2.24) is 9.99 Å². The maximum Gasteiger partial charge on any atom is 0.260 e. The fourth-order valence-electron chi connectivity index (χ4n) is 3.53. The van der Waals surface area contributed by atoms with Gasteiger partial charge >= 0.3 is 0 Å². The summed E-state index contributed by atoms with van der Waals surface area (Å²) in [5, 5.41) is 5.17. The highest BCUT2D eigenvalue weighted by Gasteiger charge is 2.22. The number of hydrazone groups is 1. The molecule has 0 spiro atoms. The number of amides is 1. The molecule has 10 heteroatoms. The van der Waals surface area contributed by atoms with Gasteiger partial charge in [-0.2, -0.15) is 5.10 Å². The summed E-state index contributed by atoms with van der Waals surface area (Å²) in [5.74, 6) is -0.572. The van der Waals surface area contributed by atoms with E-state index in [9.17, 15) is 13.2 Å². The van der Waals surface area contributed by atoms with Crippen LogP contribution in [0, 0.1) is 20.8 Å². The summed E-state index contributed by atoms with van der Waals surface area (Å²) in [6, 6.07) is 14.2. The molecule has 0 atom stereocenters. The minimum Gasteiger partial charge on any atom is -0.318 e. The molecule has 33 heavy (non-hydrogen) atoms. The van der Waals surface area contributed by atoms with Gasteiger partial charge in [0.1, 0.15) is 6.54 Å². The van der Waals surface area contributed by atoms with Crippen LogP contribution in [0.25, 0.3) is 5.69 Å². The zero-order valence-electron chi connectivity index (χ0n) is 18.6. The number of carbonyl (C=O) groups excluding carboxylic acids is 1. The summed E-state index contributed by atoms with van der Waals surface area (Å²) in [4.78, 5) is 12.5. The summed E-state index contributed by atoms with van der Waals surface area (Å²) in [6.07, 6.45) is 2.58. The lowest BCUT2D eigenvalue weighted by Gasteiger charge is -2.23. The number of nitrogens with one attached hydrogen (secondary N) is 1. The van der Waals surface area contributed by atoms with Gasteiger partial charge in [-0.05, 0) is 74.9 Å². The van der Waals surface area contributed by atoms with E-state index >= 15 is 0 Å². The van der Waals surface area contributed by atoms with E-state index in [4.69, 9.17) is 23.2 Å². The molecule has 0 radical (unpaired) electrons. The molecule has 2 aromatic carbocycles. The maximum absolute atomic E-state index is 12.5. The van der Waals surface area contributed by atoms with Crippen molar-refractivity contribution in [3.05, 3.63) is 81.1 Å². The molecule has 0 unspecified atom stereocenters. The van der Waals surface area contributed by atoms with Crippen molar-refractivity contribution in [2.24, 2.45) is 5.10 Å². The number of aromatic nitrogens is 1. The van der Waals surface area contributed by atoms with Crippen LogP contribution in [0.3, 0.4) is 0 Å². The van der Waals surface area contributed by atoms with Gasteiger partial charge in [0.05, 0.1) is 18.2 Å². The SMILES string of the molecule is Cc1cc(Cl)ccc1N(CC(=O)N/N=C\c1cc(C)n(-c2ccc(Cl)cc2)c1C)S(C)(=O)=O. The number of anilines is 1. The van der Waals surface area contributed by atoms with Crippen LogP contribution >= 0.6 is 23.2 Å². The zero-order valence-corrected chi connectivity index (χ0v) is 21.0. The predicted molar refractivity (Wildman–Crippen MR) is 134 cm³/mol. The third-order valence-electron chi connectivity index (χ3n) is 5.06. The molecule has 1 aromatic heterocycles. The topological polar surface area (TPSA) is 83.8 Å². The highest BCUT2D eigenvalue weighted by Crippen LogP contribution is 2.25. The summed E-state index contributed by atoms with van der Waals surface area (Å²) >= 11 is 11.9. The van der Waals surface area contributed by atoms with Crippen molar-refractivity contribution in [3.8, 4) is 5.69 Å². The number of benzene rings is 2. The lowest BCUT2D eigenvalue weighted by molar-refractivity contribution is -0.119. The van der Waals surface area contributed by atoms with Crippen LogP contribution in [0.5, 0.6) is 0 Å². The van der Waals surface area contributed by atoms with E-state index in [2.05, 4.69) is 10.5 Å². The average Bonchev–Trinajstić information content (AvgIpc) is 3.00. The molecule has 0 fully saturated rings. The molecule has 3 rings (SSSR count). The van der Waals surface area contributed by atoms with E-state index in [-0.39, 0.29) is 0 Å². The van der Waals surface area contributed by atoms with E-state index in [1.807, 2.05) is 48.7 Å². The Morgan fingerprint density at radius 1 is 1.06 bits per heavy atom. The molecule has 7 nitrogen and oxygen atoms in total. The Bertz CT molecular complexity index is 1320. The fourth-order valence-corrected chi connectivity index (χ4v) is 4.79. The highest BCUT2D eigenvalue weighted by molar-refractivity contribution is 7.92.